The summed E-state index contributed by atoms with van der Waals surface area (Å²) < 4.78 is 0. The van der Waals surface area contributed by atoms with Crippen LogP contribution in [0.15, 0.2) is 42.9 Å². The van der Waals surface area contributed by atoms with Crippen LogP contribution < -0.4 is 27.4 Å². The standard InChI is InChI=1S/C26H37N7O6/c1-3-15(2)22(33-23(35)18(27)9-10-21(28)34)25(37)31-19(11-16-7-5-4-6-8-16)24(36)32-20(26(38)39)12-17-13-29-14-30-17/h4-8,13-15,18-20,22H,3,9-12,27H2,1-2H3,(H2,28,34)(H,29,30)(H,31,37)(H,32,36)(H,33,35)(H,38,39). The van der Waals surface area contributed by atoms with Crippen molar-refractivity contribution in [2.75, 3.05) is 0 Å². The van der Waals surface area contributed by atoms with E-state index in [1.807, 2.05) is 6.92 Å². The summed E-state index contributed by atoms with van der Waals surface area (Å²) >= 11 is 0. The predicted octanol–water partition coefficient (Wildman–Crippen LogP) is -0.627. The van der Waals surface area contributed by atoms with Crippen molar-refractivity contribution in [2.24, 2.45) is 17.4 Å². The molecular weight excluding hydrogens is 506 g/mol. The van der Waals surface area contributed by atoms with E-state index in [1.165, 1.54) is 12.5 Å². The molecule has 0 aliphatic carbocycles. The van der Waals surface area contributed by atoms with Gasteiger partial charge in [-0.1, -0.05) is 50.6 Å². The van der Waals surface area contributed by atoms with Crippen molar-refractivity contribution < 1.29 is 29.1 Å². The third-order valence-electron chi connectivity index (χ3n) is 6.34. The molecule has 0 saturated carbocycles. The molecule has 0 spiro atoms. The molecule has 5 atom stereocenters. The van der Waals surface area contributed by atoms with E-state index < -0.39 is 53.8 Å². The number of aromatic nitrogens is 2. The number of carbonyl (C=O) groups excluding carboxylic acids is 4. The fourth-order valence-electron chi connectivity index (χ4n) is 3.80. The third kappa shape index (κ3) is 10.2. The Hall–Kier alpha value is -4.26. The number of nitrogens with two attached hydrogens (primary N) is 2. The molecule has 0 radical (unpaired) electrons. The van der Waals surface area contributed by atoms with Gasteiger partial charge in [-0.3, -0.25) is 19.2 Å². The molecule has 13 heteroatoms. The lowest BCUT2D eigenvalue weighted by molar-refractivity contribution is -0.142. The highest BCUT2D eigenvalue weighted by molar-refractivity contribution is 5.94. The summed E-state index contributed by atoms with van der Waals surface area (Å²) in [6, 6.07) is 4.40. The quantitative estimate of drug-likeness (QED) is 0.144. The van der Waals surface area contributed by atoms with Crippen LogP contribution >= 0.6 is 0 Å². The third-order valence-corrected chi connectivity index (χ3v) is 6.34. The molecule has 1 aromatic carbocycles. The Balaban J connectivity index is 2.22. The van der Waals surface area contributed by atoms with Crippen LogP contribution in [0.1, 0.15) is 44.4 Å². The zero-order valence-electron chi connectivity index (χ0n) is 22.1. The lowest BCUT2D eigenvalue weighted by atomic mass is 9.96. The molecule has 4 amide bonds. The Labute approximate surface area is 226 Å². The minimum atomic E-state index is -1.28. The first-order valence-electron chi connectivity index (χ1n) is 12.7. The highest BCUT2D eigenvalue weighted by Crippen LogP contribution is 2.11. The molecule has 0 aliphatic rings. The van der Waals surface area contributed by atoms with Gasteiger partial charge >= 0.3 is 5.97 Å². The molecule has 9 N–H and O–H groups in total. The molecule has 0 aliphatic heterocycles. The van der Waals surface area contributed by atoms with Crippen LogP contribution in [0.4, 0.5) is 0 Å². The van der Waals surface area contributed by atoms with Crippen molar-refractivity contribution in [3.05, 3.63) is 54.1 Å². The summed E-state index contributed by atoms with van der Waals surface area (Å²) in [5.41, 5.74) is 12.2. The topological polar surface area (TPSA) is 222 Å². The number of rotatable bonds is 16. The number of imidazole rings is 1. The summed E-state index contributed by atoms with van der Waals surface area (Å²) in [4.78, 5) is 68.9. The van der Waals surface area contributed by atoms with E-state index >= 15 is 0 Å². The molecule has 212 valence electrons. The number of nitrogens with zero attached hydrogens (tertiary/aromatic N) is 1. The predicted molar refractivity (Wildman–Crippen MR) is 142 cm³/mol. The summed E-state index contributed by atoms with van der Waals surface area (Å²) in [5.74, 6) is -4.15. The summed E-state index contributed by atoms with van der Waals surface area (Å²) in [6.45, 7) is 3.60. The lowest BCUT2D eigenvalue weighted by Gasteiger charge is -2.28. The maximum Gasteiger partial charge on any atom is 0.326 e. The van der Waals surface area contributed by atoms with E-state index in [0.717, 1.165) is 5.56 Å². The van der Waals surface area contributed by atoms with Gasteiger partial charge in [-0.05, 0) is 17.9 Å². The number of carboxylic acid groups (broad SMARTS) is 1. The Morgan fingerprint density at radius 1 is 0.974 bits per heavy atom. The van der Waals surface area contributed by atoms with Gasteiger partial charge in [0.15, 0.2) is 0 Å². The number of primary amides is 1. The number of nitrogens with one attached hydrogen (secondary N) is 4. The number of hydrogen-bond donors (Lipinski definition) is 7. The van der Waals surface area contributed by atoms with E-state index in [9.17, 15) is 29.1 Å². The monoisotopic (exact) mass is 543 g/mol. The number of hydrogen-bond acceptors (Lipinski definition) is 7. The number of amides is 4. The zero-order chi connectivity index (χ0) is 28.9. The number of aromatic amines is 1. The van der Waals surface area contributed by atoms with Crippen LogP contribution in [-0.2, 0) is 36.8 Å². The highest BCUT2D eigenvalue weighted by atomic mass is 16.4. The number of benzene rings is 1. The number of aliphatic carboxylic acids is 1. The Morgan fingerprint density at radius 2 is 1.64 bits per heavy atom. The van der Waals surface area contributed by atoms with Gasteiger partial charge in [0.25, 0.3) is 0 Å². The summed E-state index contributed by atoms with van der Waals surface area (Å²) in [5, 5.41) is 17.5. The molecule has 0 bridgehead atoms. The van der Waals surface area contributed by atoms with Crippen LogP contribution in [0, 0.1) is 5.92 Å². The van der Waals surface area contributed by atoms with Gasteiger partial charge in [-0.2, -0.15) is 0 Å². The number of H-pyrrole nitrogens is 1. The summed E-state index contributed by atoms with van der Waals surface area (Å²) in [6.07, 6.45) is 3.35. The van der Waals surface area contributed by atoms with Crippen molar-refractivity contribution in [1.82, 2.24) is 25.9 Å². The maximum absolute atomic E-state index is 13.4. The second kappa shape index (κ2) is 15.2. The Morgan fingerprint density at radius 3 is 2.21 bits per heavy atom. The molecule has 1 aromatic heterocycles. The van der Waals surface area contributed by atoms with Crippen LogP contribution in [-0.4, -0.2) is 68.8 Å². The average molecular weight is 544 g/mol. The molecule has 2 aromatic rings. The second-order valence-corrected chi connectivity index (χ2v) is 9.41. The first kappa shape index (κ1) is 31.0. The molecular formula is C26H37N7O6. The highest BCUT2D eigenvalue weighted by Gasteiger charge is 2.32. The van der Waals surface area contributed by atoms with E-state index in [0.29, 0.717) is 12.1 Å². The van der Waals surface area contributed by atoms with Gasteiger partial charge in [-0.15, -0.1) is 0 Å². The molecule has 5 unspecified atom stereocenters. The Kier molecular flexibility index (Phi) is 12.1. The van der Waals surface area contributed by atoms with Crippen molar-refractivity contribution in [3.8, 4) is 0 Å². The second-order valence-electron chi connectivity index (χ2n) is 9.41. The van der Waals surface area contributed by atoms with Crippen molar-refractivity contribution >= 4 is 29.6 Å². The van der Waals surface area contributed by atoms with E-state index in [4.69, 9.17) is 11.5 Å². The average Bonchev–Trinajstić information content (AvgIpc) is 3.42. The SMILES string of the molecule is CCC(C)C(NC(=O)C(N)CCC(N)=O)C(=O)NC(Cc1ccccc1)C(=O)NC(Cc1cnc[nH]1)C(=O)O. The molecule has 0 fully saturated rings. The van der Waals surface area contributed by atoms with Gasteiger partial charge < -0.3 is 37.5 Å². The first-order valence-corrected chi connectivity index (χ1v) is 12.7. The molecule has 2 rings (SSSR count). The lowest BCUT2D eigenvalue weighted by Crippen LogP contribution is -2.59. The van der Waals surface area contributed by atoms with Crippen molar-refractivity contribution in [2.45, 2.75) is 70.1 Å². The fraction of sp³-hybridized carbons (Fsp3) is 0.462. The minimum Gasteiger partial charge on any atom is -0.480 e. The number of carbonyl (C=O) groups is 5. The molecule has 39 heavy (non-hydrogen) atoms. The van der Waals surface area contributed by atoms with Gasteiger partial charge in [0.2, 0.25) is 23.6 Å². The first-order chi connectivity index (χ1) is 18.5. The van der Waals surface area contributed by atoms with Gasteiger partial charge in [0.05, 0.1) is 12.4 Å². The Bertz CT molecular complexity index is 1110. The van der Waals surface area contributed by atoms with E-state index in [1.54, 1.807) is 37.3 Å². The van der Waals surface area contributed by atoms with Crippen LogP contribution in [0.3, 0.4) is 0 Å². The van der Waals surface area contributed by atoms with Gasteiger partial charge in [0.1, 0.15) is 18.1 Å². The van der Waals surface area contributed by atoms with Gasteiger partial charge in [-0.25, -0.2) is 9.78 Å². The normalized spacial score (nSPS) is 14.7. The van der Waals surface area contributed by atoms with Crippen molar-refractivity contribution in [3.63, 3.8) is 0 Å². The molecule has 0 saturated heterocycles. The van der Waals surface area contributed by atoms with Crippen LogP contribution in [0.5, 0.6) is 0 Å². The van der Waals surface area contributed by atoms with Crippen molar-refractivity contribution in [1.29, 1.82) is 0 Å². The van der Waals surface area contributed by atoms with Crippen LogP contribution in [0.2, 0.25) is 0 Å². The summed E-state index contributed by atoms with van der Waals surface area (Å²) in [7, 11) is 0. The minimum absolute atomic E-state index is 0.0158. The van der Waals surface area contributed by atoms with E-state index in [2.05, 4.69) is 25.9 Å². The number of carboxylic acids is 1. The molecule has 1 heterocycles. The van der Waals surface area contributed by atoms with E-state index in [-0.39, 0.29) is 31.6 Å². The smallest absolute Gasteiger partial charge is 0.326 e. The zero-order valence-corrected chi connectivity index (χ0v) is 22.1. The molecule has 13 nitrogen and oxygen atoms in total. The van der Waals surface area contributed by atoms with Crippen LogP contribution in [0.25, 0.3) is 0 Å². The van der Waals surface area contributed by atoms with Gasteiger partial charge in [0, 0.05) is 31.2 Å². The maximum atomic E-state index is 13.4. The largest absolute Gasteiger partial charge is 0.480 e. The fourth-order valence-corrected chi connectivity index (χ4v) is 3.80.